The number of rotatable bonds is 5. The molecule has 3 rings (SSSR count). The molecule has 1 N–H and O–H groups in total. The molecule has 1 saturated heterocycles. The number of nitrogens with zero attached hydrogens (tertiary/aromatic N) is 1. The quantitative estimate of drug-likeness (QED) is 0.895. The van der Waals surface area contributed by atoms with Gasteiger partial charge in [0.1, 0.15) is 5.82 Å². The van der Waals surface area contributed by atoms with Crippen LogP contribution in [-0.4, -0.2) is 23.9 Å². The van der Waals surface area contributed by atoms with Gasteiger partial charge in [-0.05, 0) is 49.6 Å². The molecular weight excluding hydrogens is 315 g/mol. The third-order valence-electron chi connectivity index (χ3n) is 4.85. The van der Waals surface area contributed by atoms with Crippen LogP contribution in [0.2, 0.25) is 0 Å². The summed E-state index contributed by atoms with van der Waals surface area (Å²) in [5.41, 5.74) is 2.20. The molecule has 0 spiro atoms. The van der Waals surface area contributed by atoms with E-state index in [1.54, 1.807) is 12.1 Å². The van der Waals surface area contributed by atoms with Gasteiger partial charge in [-0.1, -0.05) is 42.5 Å². The van der Waals surface area contributed by atoms with Crippen molar-refractivity contribution < 1.29 is 9.18 Å². The molecule has 0 radical (unpaired) electrons. The van der Waals surface area contributed by atoms with E-state index in [1.807, 2.05) is 25.1 Å². The van der Waals surface area contributed by atoms with Crippen LogP contribution in [0.5, 0.6) is 0 Å². The topological polar surface area (TPSA) is 32.3 Å². The lowest BCUT2D eigenvalue weighted by atomic mass is 9.96. The first-order valence-electron chi connectivity index (χ1n) is 8.94. The second kappa shape index (κ2) is 8.26. The minimum Gasteiger partial charge on any atom is -0.349 e. The second-order valence-electron chi connectivity index (χ2n) is 6.84. The summed E-state index contributed by atoms with van der Waals surface area (Å²) in [4.78, 5) is 15.0. The normalized spacial score (nSPS) is 19.4. The van der Waals surface area contributed by atoms with Crippen molar-refractivity contribution in [2.75, 3.05) is 13.1 Å². The maximum Gasteiger partial charge on any atom is 0.224 e. The molecule has 2 atom stereocenters. The van der Waals surface area contributed by atoms with Crippen molar-refractivity contribution in [3.05, 3.63) is 71.5 Å². The molecule has 25 heavy (non-hydrogen) atoms. The summed E-state index contributed by atoms with van der Waals surface area (Å²) in [5, 5.41) is 3.08. The number of nitrogens with one attached hydrogen (secondary N) is 1. The predicted molar refractivity (Wildman–Crippen MR) is 97.4 cm³/mol. The number of hydrogen-bond donors (Lipinski definition) is 1. The maximum atomic E-state index is 13.0. The molecule has 4 heteroatoms. The van der Waals surface area contributed by atoms with Gasteiger partial charge in [0, 0.05) is 13.1 Å². The minimum atomic E-state index is -0.258. The van der Waals surface area contributed by atoms with Crippen molar-refractivity contribution in [3.8, 4) is 0 Å². The van der Waals surface area contributed by atoms with Gasteiger partial charge in [-0.3, -0.25) is 9.69 Å². The number of amides is 1. The number of halogens is 1. The molecule has 1 heterocycles. The molecule has 132 valence electrons. The smallest absolute Gasteiger partial charge is 0.224 e. The fraction of sp³-hybridized carbons (Fsp3) is 0.381. The zero-order valence-electron chi connectivity index (χ0n) is 14.6. The first kappa shape index (κ1) is 17.6. The SMILES string of the molecule is CC(NC(=O)C1CCCN(Cc2ccccc2)C1)c1ccc(F)cc1. The third-order valence-corrected chi connectivity index (χ3v) is 4.85. The lowest BCUT2D eigenvalue weighted by Gasteiger charge is -2.32. The highest BCUT2D eigenvalue weighted by Crippen LogP contribution is 2.20. The number of benzene rings is 2. The predicted octanol–water partition coefficient (Wildman–Crippen LogP) is 3.92. The van der Waals surface area contributed by atoms with Crippen molar-refractivity contribution in [1.29, 1.82) is 0 Å². The number of likely N-dealkylation sites (tertiary alicyclic amines) is 1. The lowest BCUT2D eigenvalue weighted by Crippen LogP contribution is -2.43. The summed E-state index contributed by atoms with van der Waals surface area (Å²) in [6.07, 6.45) is 1.96. The van der Waals surface area contributed by atoms with Crippen molar-refractivity contribution in [1.82, 2.24) is 10.2 Å². The summed E-state index contributed by atoms with van der Waals surface area (Å²) >= 11 is 0. The fourth-order valence-electron chi connectivity index (χ4n) is 3.42. The van der Waals surface area contributed by atoms with Gasteiger partial charge < -0.3 is 5.32 Å². The minimum absolute atomic E-state index is 0.0142. The van der Waals surface area contributed by atoms with Gasteiger partial charge in [-0.15, -0.1) is 0 Å². The van der Waals surface area contributed by atoms with Crippen molar-refractivity contribution in [2.45, 2.75) is 32.4 Å². The number of hydrogen-bond acceptors (Lipinski definition) is 2. The molecule has 0 aliphatic carbocycles. The van der Waals surface area contributed by atoms with Gasteiger partial charge in [0.15, 0.2) is 0 Å². The molecule has 2 aromatic carbocycles. The van der Waals surface area contributed by atoms with Crippen LogP contribution in [0.1, 0.15) is 36.9 Å². The standard InChI is InChI=1S/C21H25FN2O/c1-16(18-9-11-20(22)12-10-18)23-21(25)19-8-5-13-24(15-19)14-17-6-3-2-4-7-17/h2-4,6-7,9-12,16,19H,5,8,13-15H2,1H3,(H,23,25). The second-order valence-corrected chi connectivity index (χ2v) is 6.84. The Labute approximate surface area is 148 Å². The molecule has 1 fully saturated rings. The van der Waals surface area contributed by atoms with Gasteiger partial charge >= 0.3 is 0 Å². The van der Waals surface area contributed by atoms with Crippen LogP contribution in [0.3, 0.4) is 0 Å². The molecule has 3 nitrogen and oxygen atoms in total. The molecule has 2 unspecified atom stereocenters. The van der Waals surface area contributed by atoms with E-state index in [0.29, 0.717) is 0 Å². The highest BCUT2D eigenvalue weighted by Gasteiger charge is 2.26. The van der Waals surface area contributed by atoms with Gasteiger partial charge in [0.2, 0.25) is 5.91 Å². The molecule has 0 saturated carbocycles. The van der Waals surface area contributed by atoms with E-state index in [2.05, 4.69) is 22.3 Å². The van der Waals surface area contributed by atoms with E-state index in [-0.39, 0.29) is 23.7 Å². The molecule has 1 aliphatic rings. The summed E-state index contributed by atoms with van der Waals surface area (Å²) in [6.45, 7) is 4.65. The Balaban J connectivity index is 1.55. The van der Waals surface area contributed by atoms with E-state index < -0.39 is 0 Å². The third kappa shape index (κ3) is 4.89. The van der Waals surface area contributed by atoms with E-state index >= 15 is 0 Å². The van der Waals surface area contributed by atoms with Crippen molar-refractivity contribution in [3.63, 3.8) is 0 Å². The molecular formula is C21H25FN2O. The Morgan fingerprint density at radius 2 is 1.92 bits per heavy atom. The number of carbonyl (C=O) groups is 1. The molecule has 1 aliphatic heterocycles. The highest BCUT2D eigenvalue weighted by molar-refractivity contribution is 5.79. The van der Waals surface area contributed by atoms with Crippen LogP contribution < -0.4 is 5.32 Å². The molecule has 1 amide bonds. The number of piperidine rings is 1. The van der Waals surface area contributed by atoms with E-state index in [0.717, 1.165) is 38.0 Å². The highest BCUT2D eigenvalue weighted by atomic mass is 19.1. The van der Waals surface area contributed by atoms with Gasteiger partial charge in [-0.25, -0.2) is 4.39 Å². The molecule has 0 bridgehead atoms. The van der Waals surface area contributed by atoms with Crippen molar-refractivity contribution in [2.24, 2.45) is 5.92 Å². The van der Waals surface area contributed by atoms with Gasteiger partial charge in [0.05, 0.1) is 12.0 Å². The Hall–Kier alpha value is -2.20. The Morgan fingerprint density at radius 1 is 1.20 bits per heavy atom. The summed E-state index contributed by atoms with van der Waals surface area (Å²) in [7, 11) is 0. The number of carbonyl (C=O) groups excluding carboxylic acids is 1. The van der Waals surface area contributed by atoms with E-state index in [1.165, 1.54) is 17.7 Å². The fourth-order valence-corrected chi connectivity index (χ4v) is 3.42. The van der Waals surface area contributed by atoms with Crippen LogP contribution in [0.4, 0.5) is 4.39 Å². The Bertz CT molecular complexity index is 687. The van der Waals surface area contributed by atoms with Crippen molar-refractivity contribution >= 4 is 5.91 Å². The maximum absolute atomic E-state index is 13.0. The largest absolute Gasteiger partial charge is 0.349 e. The summed E-state index contributed by atoms with van der Waals surface area (Å²) in [5.74, 6) is -0.152. The van der Waals surface area contributed by atoms with Crippen LogP contribution in [0, 0.1) is 11.7 Å². The molecule has 0 aromatic heterocycles. The summed E-state index contributed by atoms with van der Waals surface area (Å²) < 4.78 is 13.0. The monoisotopic (exact) mass is 340 g/mol. The lowest BCUT2D eigenvalue weighted by molar-refractivity contribution is -0.127. The van der Waals surface area contributed by atoms with Crippen LogP contribution in [0.25, 0.3) is 0 Å². The van der Waals surface area contributed by atoms with E-state index in [4.69, 9.17) is 0 Å². The van der Waals surface area contributed by atoms with E-state index in [9.17, 15) is 9.18 Å². The van der Waals surface area contributed by atoms with Gasteiger partial charge in [0.25, 0.3) is 0 Å². The van der Waals surface area contributed by atoms with Crippen LogP contribution >= 0.6 is 0 Å². The zero-order valence-corrected chi connectivity index (χ0v) is 14.6. The first-order valence-corrected chi connectivity index (χ1v) is 8.94. The average molecular weight is 340 g/mol. The van der Waals surface area contributed by atoms with Crippen LogP contribution in [-0.2, 0) is 11.3 Å². The Kier molecular flexibility index (Phi) is 5.82. The Morgan fingerprint density at radius 3 is 2.64 bits per heavy atom. The average Bonchev–Trinajstić information content (AvgIpc) is 2.63. The zero-order chi connectivity index (χ0) is 17.6. The summed E-state index contributed by atoms with van der Waals surface area (Å²) in [6, 6.07) is 16.6. The molecule has 2 aromatic rings. The van der Waals surface area contributed by atoms with Crippen LogP contribution in [0.15, 0.2) is 54.6 Å². The first-order chi connectivity index (χ1) is 12.1. The van der Waals surface area contributed by atoms with Gasteiger partial charge in [-0.2, -0.15) is 0 Å².